The second kappa shape index (κ2) is 7.85. The lowest BCUT2D eigenvalue weighted by Crippen LogP contribution is -2.16. The summed E-state index contributed by atoms with van der Waals surface area (Å²) in [5, 5.41) is 5.60. The van der Waals surface area contributed by atoms with E-state index in [1.54, 1.807) is 72.3 Å². The number of imidazole rings is 1. The van der Waals surface area contributed by atoms with Crippen LogP contribution >= 0.6 is 0 Å². The number of ether oxygens (including phenoxy) is 1. The van der Waals surface area contributed by atoms with Crippen molar-refractivity contribution in [3.63, 3.8) is 0 Å². The van der Waals surface area contributed by atoms with E-state index >= 15 is 0 Å². The van der Waals surface area contributed by atoms with Crippen molar-refractivity contribution in [3.05, 3.63) is 90.5 Å². The molecule has 0 fully saturated rings. The highest BCUT2D eigenvalue weighted by Crippen LogP contribution is 2.20. The Labute approximate surface area is 167 Å². The van der Waals surface area contributed by atoms with Crippen molar-refractivity contribution in [1.29, 1.82) is 0 Å². The molecule has 0 radical (unpaired) electrons. The van der Waals surface area contributed by atoms with Gasteiger partial charge in [0.05, 0.1) is 12.6 Å². The van der Waals surface area contributed by atoms with Crippen LogP contribution in [0.15, 0.2) is 79.0 Å². The van der Waals surface area contributed by atoms with Crippen LogP contribution in [-0.4, -0.2) is 28.3 Å². The minimum atomic E-state index is -0.416. The maximum Gasteiger partial charge on any atom is 0.292 e. The first-order valence-electron chi connectivity index (χ1n) is 8.94. The molecule has 0 aliphatic rings. The van der Waals surface area contributed by atoms with Crippen LogP contribution in [0, 0.1) is 0 Å². The number of amides is 2. The summed E-state index contributed by atoms with van der Waals surface area (Å²) in [7, 11) is 1.56. The second-order valence-corrected chi connectivity index (χ2v) is 6.25. The Hall–Kier alpha value is -4.13. The highest BCUT2D eigenvalue weighted by Gasteiger charge is 2.21. The molecule has 0 unspecified atom stereocenters. The first-order chi connectivity index (χ1) is 14.2. The molecule has 0 aliphatic carbocycles. The standard InChI is InChI=1S/C22H18N4O3/c1-29-17-11-7-10-16(14-17)24-21(27)19-18-12-5-6-13-26(18)20(25-19)22(28)23-15-8-3-2-4-9-15/h2-14H,1H3,(H,23,28)(H,24,27). The van der Waals surface area contributed by atoms with E-state index in [0.29, 0.717) is 22.6 Å². The van der Waals surface area contributed by atoms with Crippen molar-refractivity contribution < 1.29 is 14.3 Å². The van der Waals surface area contributed by atoms with Crippen molar-refractivity contribution in [2.24, 2.45) is 0 Å². The summed E-state index contributed by atoms with van der Waals surface area (Å²) in [6.45, 7) is 0. The van der Waals surface area contributed by atoms with Gasteiger partial charge >= 0.3 is 0 Å². The van der Waals surface area contributed by atoms with Crippen molar-refractivity contribution in [2.75, 3.05) is 17.7 Å². The molecule has 0 atom stereocenters. The zero-order valence-electron chi connectivity index (χ0n) is 15.6. The number of aromatic nitrogens is 2. The van der Waals surface area contributed by atoms with Crippen molar-refractivity contribution >= 4 is 28.7 Å². The molecule has 144 valence electrons. The van der Waals surface area contributed by atoms with Crippen LogP contribution in [0.4, 0.5) is 11.4 Å². The van der Waals surface area contributed by atoms with E-state index in [-0.39, 0.29) is 11.5 Å². The molecule has 7 nitrogen and oxygen atoms in total. The van der Waals surface area contributed by atoms with Gasteiger partial charge in [-0.25, -0.2) is 4.98 Å². The lowest BCUT2D eigenvalue weighted by atomic mass is 10.2. The van der Waals surface area contributed by atoms with Gasteiger partial charge in [-0.3, -0.25) is 14.0 Å². The maximum atomic E-state index is 12.9. The van der Waals surface area contributed by atoms with Gasteiger partial charge in [0.15, 0.2) is 5.69 Å². The summed E-state index contributed by atoms with van der Waals surface area (Å²) >= 11 is 0. The summed E-state index contributed by atoms with van der Waals surface area (Å²) in [4.78, 5) is 30.0. The quantitative estimate of drug-likeness (QED) is 0.546. The third-order valence-electron chi connectivity index (χ3n) is 4.33. The highest BCUT2D eigenvalue weighted by atomic mass is 16.5. The van der Waals surface area contributed by atoms with Gasteiger partial charge in [0.2, 0.25) is 5.82 Å². The smallest absolute Gasteiger partial charge is 0.292 e. The number of para-hydroxylation sites is 1. The predicted molar refractivity (Wildman–Crippen MR) is 111 cm³/mol. The number of hydrogen-bond donors (Lipinski definition) is 2. The van der Waals surface area contributed by atoms with Crippen LogP contribution < -0.4 is 15.4 Å². The molecule has 29 heavy (non-hydrogen) atoms. The first-order valence-corrected chi connectivity index (χ1v) is 8.94. The molecule has 4 aromatic rings. The molecule has 0 aliphatic heterocycles. The van der Waals surface area contributed by atoms with Crippen LogP contribution in [0.2, 0.25) is 0 Å². The van der Waals surface area contributed by atoms with Gasteiger partial charge in [-0.2, -0.15) is 0 Å². The summed E-state index contributed by atoms with van der Waals surface area (Å²) in [5.74, 6) is -0.0702. The maximum absolute atomic E-state index is 12.9. The van der Waals surface area contributed by atoms with Gasteiger partial charge < -0.3 is 15.4 Å². The molecule has 2 aromatic carbocycles. The van der Waals surface area contributed by atoms with E-state index in [1.807, 2.05) is 18.2 Å². The summed E-state index contributed by atoms with van der Waals surface area (Å²) in [5.41, 5.74) is 1.91. The Morgan fingerprint density at radius 1 is 0.862 bits per heavy atom. The van der Waals surface area contributed by atoms with E-state index in [4.69, 9.17) is 4.74 Å². The number of anilines is 2. The van der Waals surface area contributed by atoms with Gasteiger partial charge in [-0.1, -0.05) is 30.3 Å². The molecule has 2 amide bonds. The number of nitrogens with zero attached hydrogens (tertiary/aromatic N) is 2. The lowest BCUT2D eigenvalue weighted by molar-refractivity contribution is 0.101. The Balaban J connectivity index is 1.66. The minimum absolute atomic E-state index is 0.125. The van der Waals surface area contributed by atoms with E-state index in [2.05, 4.69) is 15.6 Å². The number of nitrogens with one attached hydrogen (secondary N) is 2. The Morgan fingerprint density at radius 3 is 2.38 bits per heavy atom. The molecule has 0 saturated carbocycles. The van der Waals surface area contributed by atoms with Crippen molar-refractivity contribution in [2.45, 2.75) is 0 Å². The van der Waals surface area contributed by atoms with Gasteiger partial charge in [0.25, 0.3) is 11.8 Å². The first kappa shape index (κ1) is 18.2. The molecule has 0 saturated heterocycles. The topological polar surface area (TPSA) is 84.7 Å². The fraction of sp³-hybridized carbons (Fsp3) is 0.0455. The van der Waals surface area contributed by atoms with E-state index in [1.165, 1.54) is 0 Å². The molecule has 2 heterocycles. The van der Waals surface area contributed by atoms with Crippen LogP contribution in [-0.2, 0) is 0 Å². The number of pyridine rings is 1. The van der Waals surface area contributed by atoms with Gasteiger partial charge in [-0.05, 0) is 36.4 Å². The number of methoxy groups -OCH3 is 1. The molecular formula is C22H18N4O3. The van der Waals surface area contributed by atoms with Gasteiger partial charge in [-0.15, -0.1) is 0 Å². The molecular weight excluding hydrogens is 368 g/mol. The van der Waals surface area contributed by atoms with Crippen LogP contribution in [0.25, 0.3) is 5.52 Å². The molecule has 4 rings (SSSR count). The second-order valence-electron chi connectivity index (χ2n) is 6.25. The van der Waals surface area contributed by atoms with E-state index < -0.39 is 11.8 Å². The molecule has 2 aromatic heterocycles. The molecule has 0 spiro atoms. The predicted octanol–water partition coefficient (Wildman–Crippen LogP) is 3.85. The fourth-order valence-corrected chi connectivity index (χ4v) is 2.96. The van der Waals surface area contributed by atoms with Crippen LogP contribution in [0.1, 0.15) is 21.1 Å². The zero-order chi connectivity index (χ0) is 20.2. The fourth-order valence-electron chi connectivity index (χ4n) is 2.96. The Kier molecular flexibility index (Phi) is 4.94. The Morgan fingerprint density at radius 2 is 1.59 bits per heavy atom. The van der Waals surface area contributed by atoms with E-state index in [9.17, 15) is 9.59 Å². The number of benzene rings is 2. The van der Waals surface area contributed by atoms with Crippen LogP contribution in [0.5, 0.6) is 5.75 Å². The van der Waals surface area contributed by atoms with Crippen molar-refractivity contribution in [3.8, 4) is 5.75 Å². The van der Waals surface area contributed by atoms with E-state index in [0.717, 1.165) is 0 Å². The van der Waals surface area contributed by atoms with Gasteiger partial charge in [0.1, 0.15) is 5.75 Å². The third kappa shape index (κ3) is 3.79. The lowest BCUT2D eigenvalue weighted by Gasteiger charge is -2.05. The van der Waals surface area contributed by atoms with Crippen molar-refractivity contribution in [1.82, 2.24) is 9.38 Å². The summed E-state index contributed by atoms with van der Waals surface area (Å²) in [6, 6.07) is 21.4. The number of hydrogen-bond acceptors (Lipinski definition) is 4. The number of carbonyl (C=O) groups is 2. The summed E-state index contributed by atoms with van der Waals surface area (Å²) in [6.07, 6.45) is 1.70. The van der Waals surface area contributed by atoms with Crippen LogP contribution in [0.3, 0.4) is 0 Å². The number of carbonyl (C=O) groups excluding carboxylic acids is 2. The monoisotopic (exact) mass is 386 g/mol. The minimum Gasteiger partial charge on any atom is -0.497 e. The average Bonchev–Trinajstić information content (AvgIpc) is 3.15. The van der Waals surface area contributed by atoms with Gasteiger partial charge in [0, 0.05) is 23.6 Å². The zero-order valence-corrected chi connectivity index (χ0v) is 15.6. The molecule has 0 bridgehead atoms. The highest BCUT2D eigenvalue weighted by molar-refractivity contribution is 6.10. The molecule has 7 heteroatoms. The third-order valence-corrected chi connectivity index (χ3v) is 4.33. The normalized spacial score (nSPS) is 10.5. The molecule has 2 N–H and O–H groups in total. The average molecular weight is 386 g/mol. The number of fused-ring (bicyclic) bond motifs is 1. The SMILES string of the molecule is COc1cccc(NC(=O)c2nc(C(=O)Nc3ccccc3)n3ccccc23)c1. The Bertz CT molecular complexity index is 1190. The largest absolute Gasteiger partial charge is 0.497 e. The summed E-state index contributed by atoms with van der Waals surface area (Å²) < 4.78 is 6.78. The number of rotatable bonds is 5.